The molecule has 0 fully saturated rings. The molecule has 0 unspecified atom stereocenters. The van der Waals surface area contributed by atoms with Gasteiger partial charge in [0.25, 0.3) is 0 Å². The highest BCUT2D eigenvalue weighted by molar-refractivity contribution is 7.89. The number of nitrogens with zero attached hydrogens (tertiary/aromatic N) is 1. The summed E-state index contributed by atoms with van der Waals surface area (Å²) in [6, 6.07) is 4.56. The van der Waals surface area contributed by atoms with E-state index in [0.29, 0.717) is 12.8 Å². The number of nitrogens with one attached hydrogen (secondary N) is 1. The number of sulfonamides is 1. The van der Waals surface area contributed by atoms with E-state index in [2.05, 4.69) is 14.4 Å². The van der Waals surface area contributed by atoms with E-state index in [1.165, 1.54) is 18.4 Å². The number of halogens is 2. The first-order valence-corrected chi connectivity index (χ1v) is 8.06. The second-order valence-electron chi connectivity index (χ2n) is 4.08. The molecule has 0 amide bonds. The van der Waals surface area contributed by atoms with Crippen LogP contribution in [-0.4, -0.2) is 20.1 Å². The van der Waals surface area contributed by atoms with Crippen molar-refractivity contribution in [2.24, 2.45) is 0 Å². The Morgan fingerprint density at radius 2 is 1.95 bits per heavy atom. The van der Waals surface area contributed by atoms with Crippen LogP contribution >= 0.6 is 23.2 Å². The maximum absolute atomic E-state index is 12.1. The number of aryl methyl sites for hydroxylation is 1. The molecule has 2 aromatic rings. The molecule has 0 saturated carbocycles. The van der Waals surface area contributed by atoms with Crippen LogP contribution in [0.5, 0.6) is 0 Å². The predicted molar refractivity (Wildman–Crippen MR) is 76.5 cm³/mol. The Labute approximate surface area is 126 Å². The van der Waals surface area contributed by atoms with Gasteiger partial charge >= 0.3 is 0 Å². The average molecular weight is 335 g/mol. The molecule has 0 aliphatic heterocycles. The van der Waals surface area contributed by atoms with Crippen LogP contribution in [0, 0.1) is 0 Å². The summed E-state index contributed by atoms with van der Waals surface area (Å²) >= 11 is 11.8. The molecule has 108 valence electrons. The average Bonchev–Trinajstić information content (AvgIpc) is 2.87. The van der Waals surface area contributed by atoms with Gasteiger partial charge in [-0.25, -0.2) is 13.1 Å². The zero-order valence-corrected chi connectivity index (χ0v) is 12.7. The second kappa shape index (κ2) is 6.58. The van der Waals surface area contributed by atoms with Crippen LogP contribution in [0.3, 0.4) is 0 Å². The van der Waals surface area contributed by atoms with E-state index < -0.39 is 10.0 Å². The van der Waals surface area contributed by atoms with Gasteiger partial charge in [-0.05, 0) is 25.0 Å². The summed E-state index contributed by atoms with van der Waals surface area (Å²) in [6.07, 6.45) is 4.41. The molecule has 0 aliphatic rings. The van der Waals surface area contributed by atoms with Crippen molar-refractivity contribution in [3.05, 3.63) is 46.3 Å². The van der Waals surface area contributed by atoms with Gasteiger partial charge in [0.1, 0.15) is 11.2 Å². The van der Waals surface area contributed by atoms with Crippen LogP contribution in [0.25, 0.3) is 0 Å². The normalized spacial score (nSPS) is 11.7. The molecule has 0 spiro atoms. The van der Waals surface area contributed by atoms with E-state index in [1.54, 1.807) is 12.3 Å². The van der Waals surface area contributed by atoms with Crippen molar-refractivity contribution in [3.63, 3.8) is 0 Å². The highest BCUT2D eigenvalue weighted by Crippen LogP contribution is 2.28. The topological polar surface area (TPSA) is 72.2 Å². The zero-order chi connectivity index (χ0) is 14.6. The first kappa shape index (κ1) is 15.3. The Kier molecular flexibility index (Phi) is 5.04. The summed E-state index contributed by atoms with van der Waals surface area (Å²) in [5, 5.41) is 3.77. The van der Waals surface area contributed by atoms with Gasteiger partial charge in [-0.2, -0.15) is 0 Å². The Bertz CT molecular complexity index is 652. The van der Waals surface area contributed by atoms with Gasteiger partial charge in [-0.1, -0.05) is 34.4 Å². The van der Waals surface area contributed by atoms with Gasteiger partial charge in [0.2, 0.25) is 10.0 Å². The molecule has 1 aromatic heterocycles. The van der Waals surface area contributed by atoms with Crippen molar-refractivity contribution in [2.45, 2.75) is 17.7 Å². The summed E-state index contributed by atoms with van der Waals surface area (Å²) in [5.74, 6) is 0. The maximum Gasteiger partial charge on any atom is 0.243 e. The molecule has 0 saturated heterocycles. The van der Waals surface area contributed by atoms with Crippen molar-refractivity contribution < 1.29 is 12.9 Å². The number of rotatable bonds is 6. The molecule has 0 radical (unpaired) electrons. The largest absolute Gasteiger partial charge is 0.364 e. The first-order valence-electron chi connectivity index (χ1n) is 5.82. The smallest absolute Gasteiger partial charge is 0.243 e. The van der Waals surface area contributed by atoms with Crippen LogP contribution in [0.15, 0.2) is 40.1 Å². The standard InChI is InChI=1S/C12H12Cl2N2O3S/c13-10-4-1-5-11(14)12(10)20(17,18)16-6-2-3-9-7-15-19-8-9/h1,4-5,7-8,16H,2-3,6H2. The molecule has 2 rings (SSSR count). The van der Waals surface area contributed by atoms with E-state index >= 15 is 0 Å². The summed E-state index contributed by atoms with van der Waals surface area (Å²) in [7, 11) is -3.72. The molecule has 1 heterocycles. The number of aromatic nitrogens is 1. The van der Waals surface area contributed by atoms with E-state index in [4.69, 9.17) is 23.2 Å². The minimum Gasteiger partial charge on any atom is -0.364 e. The number of hydrogen-bond donors (Lipinski definition) is 1. The Morgan fingerprint density at radius 3 is 2.55 bits per heavy atom. The summed E-state index contributed by atoms with van der Waals surface area (Å²) in [6.45, 7) is 0.273. The number of benzene rings is 1. The third-order valence-corrected chi connectivity index (χ3v) is 5.02. The molecule has 1 N–H and O–H groups in total. The summed E-state index contributed by atoms with van der Waals surface area (Å²) in [4.78, 5) is -0.0895. The molecular weight excluding hydrogens is 323 g/mol. The van der Waals surface area contributed by atoms with Crippen LogP contribution in [-0.2, 0) is 16.4 Å². The molecule has 0 aliphatic carbocycles. The van der Waals surface area contributed by atoms with Gasteiger partial charge < -0.3 is 4.52 Å². The van der Waals surface area contributed by atoms with E-state index in [-0.39, 0.29) is 21.5 Å². The third kappa shape index (κ3) is 3.73. The van der Waals surface area contributed by atoms with E-state index in [0.717, 1.165) is 5.56 Å². The Balaban J connectivity index is 1.97. The van der Waals surface area contributed by atoms with Gasteiger partial charge in [0, 0.05) is 12.1 Å². The predicted octanol–water partition coefficient (Wildman–Crippen LogP) is 2.89. The lowest BCUT2D eigenvalue weighted by Gasteiger charge is -2.09. The SMILES string of the molecule is O=S(=O)(NCCCc1cnoc1)c1c(Cl)cccc1Cl. The maximum atomic E-state index is 12.1. The molecular formula is C12H12Cl2N2O3S. The zero-order valence-electron chi connectivity index (χ0n) is 10.3. The molecule has 20 heavy (non-hydrogen) atoms. The molecule has 8 heteroatoms. The molecule has 0 atom stereocenters. The lowest BCUT2D eigenvalue weighted by atomic mass is 10.2. The van der Waals surface area contributed by atoms with Crippen molar-refractivity contribution in [3.8, 4) is 0 Å². The van der Waals surface area contributed by atoms with Crippen molar-refractivity contribution in [1.82, 2.24) is 9.88 Å². The molecule has 1 aromatic carbocycles. The van der Waals surface area contributed by atoms with E-state index in [1.807, 2.05) is 0 Å². The molecule has 0 bridgehead atoms. The highest BCUT2D eigenvalue weighted by Gasteiger charge is 2.20. The van der Waals surface area contributed by atoms with Crippen LogP contribution in [0.2, 0.25) is 10.0 Å². The lowest BCUT2D eigenvalue weighted by molar-refractivity contribution is 0.418. The van der Waals surface area contributed by atoms with E-state index in [9.17, 15) is 8.42 Å². The van der Waals surface area contributed by atoms with Crippen molar-refractivity contribution in [2.75, 3.05) is 6.54 Å². The minimum absolute atomic E-state index is 0.0895. The van der Waals surface area contributed by atoms with Gasteiger partial charge in [-0.3, -0.25) is 0 Å². The first-order chi connectivity index (χ1) is 9.50. The van der Waals surface area contributed by atoms with Gasteiger partial charge in [-0.15, -0.1) is 0 Å². The monoisotopic (exact) mass is 334 g/mol. The molecule has 5 nitrogen and oxygen atoms in total. The van der Waals surface area contributed by atoms with Crippen LogP contribution in [0.1, 0.15) is 12.0 Å². The summed E-state index contributed by atoms with van der Waals surface area (Å²) in [5.41, 5.74) is 0.917. The fourth-order valence-electron chi connectivity index (χ4n) is 1.66. The third-order valence-electron chi connectivity index (χ3n) is 2.61. The number of hydrogen-bond acceptors (Lipinski definition) is 4. The Hall–Kier alpha value is -1.08. The fourth-order valence-corrected chi connectivity index (χ4v) is 3.87. The second-order valence-corrected chi connectivity index (χ2v) is 6.60. The minimum atomic E-state index is -3.72. The quantitative estimate of drug-likeness (QED) is 0.824. The van der Waals surface area contributed by atoms with Crippen LogP contribution < -0.4 is 4.72 Å². The van der Waals surface area contributed by atoms with Crippen LogP contribution in [0.4, 0.5) is 0 Å². The fraction of sp³-hybridized carbons (Fsp3) is 0.250. The van der Waals surface area contributed by atoms with Crippen molar-refractivity contribution >= 4 is 33.2 Å². The van der Waals surface area contributed by atoms with Gasteiger partial charge in [0.05, 0.1) is 16.2 Å². The summed E-state index contributed by atoms with van der Waals surface area (Å²) < 4.78 is 31.4. The lowest BCUT2D eigenvalue weighted by Crippen LogP contribution is -2.25. The van der Waals surface area contributed by atoms with Crippen molar-refractivity contribution in [1.29, 1.82) is 0 Å². The highest BCUT2D eigenvalue weighted by atomic mass is 35.5. The Morgan fingerprint density at radius 1 is 1.25 bits per heavy atom. The van der Waals surface area contributed by atoms with Gasteiger partial charge in [0.15, 0.2) is 0 Å².